The molecule has 0 aliphatic carbocycles. The van der Waals surface area contributed by atoms with Crippen molar-refractivity contribution < 1.29 is 19.1 Å². The van der Waals surface area contributed by atoms with Crippen LogP contribution >= 0.6 is 34.7 Å². The number of piperidine rings is 4. The van der Waals surface area contributed by atoms with Crippen molar-refractivity contribution in [2.45, 2.75) is 104 Å². The molecule has 16 heteroatoms. The Balaban J connectivity index is 0.000000202. The topological polar surface area (TPSA) is 120 Å². The normalized spacial score (nSPS) is 20.4. The molecule has 0 aromatic carbocycles. The van der Waals surface area contributed by atoms with Crippen molar-refractivity contribution in [1.29, 1.82) is 0 Å². The van der Waals surface area contributed by atoms with Gasteiger partial charge in [-0.05, 0) is 128 Å². The van der Waals surface area contributed by atoms with Gasteiger partial charge in [-0.25, -0.2) is 9.59 Å². The highest BCUT2D eigenvalue weighted by molar-refractivity contribution is 7.10. The highest BCUT2D eigenvalue weighted by Gasteiger charge is 2.34. The summed E-state index contributed by atoms with van der Waals surface area (Å²) in [6.45, 7) is 18.9. The molecule has 0 atom stereocenters. The summed E-state index contributed by atoms with van der Waals surface area (Å²) in [5.74, 6) is 3.71. The summed E-state index contributed by atoms with van der Waals surface area (Å²) in [5, 5.41) is 2.32. The second-order valence-corrected chi connectivity index (χ2v) is 18.7. The van der Waals surface area contributed by atoms with E-state index < -0.39 is 11.2 Å². The summed E-state index contributed by atoms with van der Waals surface area (Å²) in [7, 11) is 3.95. The Kier molecular flexibility index (Phi) is 13.8. The molecular formula is C36H60ClN9O4S2. The first-order valence-corrected chi connectivity index (χ1v) is 20.9. The van der Waals surface area contributed by atoms with Gasteiger partial charge >= 0.3 is 12.2 Å². The summed E-state index contributed by atoms with van der Waals surface area (Å²) in [6, 6.07) is 0. The van der Waals surface area contributed by atoms with E-state index in [0.29, 0.717) is 11.2 Å². The molecule has 4 fully saturated rings. The third-order valence-corrected chi connectivity index (χ3v) is 12.3. The van der Waals surface area contributed by atoms with E-state index >= 15 is 0 Å². The second kappa shape index (κ2) is 17.7. The Labute approximate surface area is 323 Å². The van der Waals surface area contributed by atoms with E-state index in [2.05, 4.69) is 28.5 Å². The molecule has 13 nitrogen and oxygen atoms in total. The number of hydrogen-bond acceptors (Lipinski definition) is 13. The first kappa shape index (κ1) is 40.5. The average molecular weight is 783 g/mol. The maximum Gasteiger partial charge on any atom is 0.410 e. The van der Waals surface area contributed by atoms with E-state index in [1.807, 2.05) is 70.3 Å². The number of halogens is 1. The predicted molar refractivity (Wildman–Crippen MR) is 210 cm³/mol. The Morgan fingerprint density at radius 1 is 0.615 bits per heavy atom. The molecule has 4 aliphatic heterocycles. The molecule has 6 heterocycles. The highest BCUT2D eigenvalue weighted by Crippen LogP contribution is 2.36. The lowest BCUT2D eigenvalue weighted by atomic mass is 9.79. The number of ether oxygens (including phenoxy) is 2. The van der Waals surface area contributed by atoms with E-state index in [4.69, 9.17) is 21.1 Å². The number of anilines is 3. The minimum atomic E-state index is -0.422. The Hall–Kier alpha value is -2.65. The van der Waals surface area contributed by atoms with Gasteiger partial charge in [0.25, 0.3) is 0 Å². The molecule has 2 amide bonds. The van der Waals surface area contributed by atoms with Gasteiger partial charge in [0, 0.05) is 89.5 Å². The van der Waals surface area contributed by atoms with Gasteiger partial charge in [-0.1, -0.05) is 0 Å². The molecule has 6 rings (SSSR count). The van der Waals surface area contributed by atoms with Crippen LogP contribution in [0.25, 0.3) is 0 Å². The minimum Gasteiger partial charge on any atom is -0.444 e. The van der Waals surface area contributed by atoms with Gasteiger partial charge in [-0.2, -0.15) is 18.7 Å². The van der Waals surface area contributed by atoms with Crippen molar-refractivity contribution in [3.05, 3.63) is 5.28 Å². The highest BCUT2D eigenvalue weighted by atomic mass is 35.5. The Morgan fingerprint density at radius 2 is 0.962 bits per heavy atom. The zero-order chi connectivity index (χ0) is 37.6. The van der Waals surface area contributed by atoms with Crippen molar-refractivity contribution in [2.24, 2.45) is 23.7 Å². The number of carbonyl (C=O) groups excluding carboxylic acids is 2. The van der Waals surface area contributed by atoms with E-state index in [0.717, 1.165) is 112 Å². The third-order valence-electron chi connectivity index (χ3n) is 10.5. The second-order valence-electron chi connectivity index (χ2n) is 16.9. The van der Waals surface area contributed by atoms with E-state index in [-0.39, 0.29) is 12.2 Å². The number of rotatable bonds is 5. The predicted octanol–water partition coefficient (Wildman–Crippen LogP) is 7.52. The maximum atomic E-state index is 12.2. The maximum absolute atomic E-state index is 12.2. The van der Waals surface area contributed by atoms with Crippen LogP contribution in [0.3, 0.4) is 0 Å². The Bertz CT molecular complexity index is 1430. The summed E-state index contributed by atoms with van der Waals surface area (Å²) in [6.07, 6.45) is 8.76. The zero-order valence-corrected chi connectivity index (χ0v) is 34.9. The first-order valence-electron chi connectivity index (χ1n) is 19.0. The number of nitrogens with zero attached hydrogens (tertiary/aromatic N) is 9. The molecule has 2 aromatic heterocycles. The van der Waals surface area contributed by atoms with Crippen LogP contribution in [0, 0.1) is 23.7 Å². The Morgan fingerprint density at radius 3 is 1.27 bits per heavy atom. The fourth-order valence-corrected chi connectivity index (χ4v) is 9.37. The smallest absolute Gasteiger partial charge is 0.410 e. The minimum absolute atomic E-state index is 0.163. The van der Waals surface area contributed by atoms with Gasteiger partial charge in [0.2, 0.25) is 21.5 Å². The summed E-state index contributed by atoms with van der Waals surface area (Å²) in [5.41, 5.74) is -0.841. The molecule has 0 radical (unpaired) electrons. The van der Waals surface area contributed by atoms with Crippen LogP contribution in [-0.4, -0.2) is 118 Å². The largest absolute Gasteiger partial charge is 0.444 e. The summed E-state index contributed by atoms with van der Waals surface area (Å²) in [4.78, 5) is 43.6. The molecule has 0 bridgehead atoms. The number of aromatic nitrogens is 4. The molecule has 0 N–H and O–H groups in total. The standard InChI is InChI=1S/C19H33N5O2S.C17H27ClN4O2S/c1-19(2,3)26-18(25)24-12-8-15(9-13-24)14-6-10-23(11-7-14)17-20-16(21-27-17)22(4)5;1-17(2,3)24-16(23)22-10-6-13(7-11-22)12-4-8-21(9-5-12)15-19-14(18)20-25-15/h14-15H,6-13H2,1-5H3;12-13H,4-11H2,1-3H3. The van der Waals surface area contributed by atoms with Crippen LogP contribution in [0.15, 0.2) is 0 Å². The molecular weight excluding hydrogens is 722 g/mol. The van der Waals surface area contributed by atoms with Crippen LogP contribution in [0.2, 0.25) is 5.28 Å². The average Bonchev–Trinajstić information content (AvgIpc) is 3.78. The number of likely N-dealkylation sites (tertiary alicyclic amines) is 2. The van der Waals surface area contributed by atoms with E-state index in [9.17, 15) is 9.59 Å². The van der Waals surface area contributed by atoms with Crippen LogP contribution in [0.4, 0.5) is 25.8 Å². The number of carbonyl (C=O) groups is 2. The molecule has 4 saturated heterocycles. The van der Waals surface area contributed by atoms with Gasteiger partial charge in [-0.3, -0.25) is 0 Å². The van der Waals surface area contributed by atoms with Crippen molar-refractivity contribution in [3.63, 3.8) is 0 Å². The van der Waals surface area contributed by atoms with Gasteiger partial charge < -0.3 is 34.0 Å². The van der Waals surface area contributed by atoms with Crippen LogP contribution in [0.5, 0.6) is 0 Å². The fourth-order valence-electron chi connectivity index (χ4n) is 7.73. The summed E-state index contributed by atoms with van der Waals surface area (Å²) < 4.78 is 19.5. The van der Waals surface area contributed by atoms with Crippen LogP contribution < -0.4 is 14.7 Å². The monoisotopic (exact) mass is 781 g/mol. The van der Waals surface area contributed by atoms with Gasteiger partial charge in [0.05, 0.1) is 0 Å². The number of hydrogen-bond donors (Lipinski definition) is 0. The summed E-state index contributed by atoms with van der Waals surface area (Å²) >= 11 is 8.70. The molecule has 4 aliphatic rings. The van der Waals surface area contributed by atoms with Crippen LogP contribution in [0.1, 0.15) is 92.9 Å². The lowest BCUT2D eigenvalue weighted by Crippen LogP contribution is -2.44. The molecule has 0 saturated carbocycles. The van der Waals surface area contributed by atoms with E-state index in [1.54, 1.807) is 0 Å². The number of amides is 2. The fraction of sp³-hybridized carbons (Fsp3) is 0.833. The van der Waals surface area contributed by atoms with Crippen molar-refractivity contribution in [1.82, 2.24) is 28.5 Å². The van der Waals surface area contributed by atoms with Gasteiger partial charge in [0.15, 0.2) is 0 Å². The van der Waals surface area contributed by atoms with Crippen LogP contribution in [-0.2, 0) is 9.47 Å². The molecule has 0 unspecified atom stereocenters. The third kappa shape index (κ3) is 11.7. The molecule has 0 spiro atoms. The molecule has 52 heavy (non-hydrogen) atoms. The van der Waals surface area contributed by atoms with Crippen molar-refractivity contribution >= 4 is 63.1 Å². The van der Waals surface area contributed by atoms with Gasteiger partial charge in [-0.15, -0.1) is 0 Å². The van der Waals surface area contributed by atoms with Crippen molar-refractivity contribution in [2.75, 3.05) is 81.2 Å². The molecule has 292 valence electrons. The van der Waals surface area contributed by atoms with Crippen molar-refractivity contribution in [3.8, 4) is 0 Å². The van der Waals surface area contributed by atoms with Gasteiger partial charge in [0.1, 0.15) is 11.2 Å². The SMILES string of the molecule is CC(C)(C)OC(=O)N1CCC(C2CCN(c3nc(Cl)ns3)CC2)CC1.CN(C)c1nsc(N2CCC(C3CCN(C(=O)OC(C)(C)C)CC3)CC2)n1. The molecule has 2 aromatic rings. The lowest BCUT2D eigenvalue weighted by Gasteiger charge is -2.40. The first-order chi connectivity index (χ1) is 24.5. The lowest BCUT2D eigenvalue weighted by molar-refractivity contribution is 0.0142. The zero-order valence-electron chi connectivity index (χ0n) is 32.5. The van der Waals surface area contributed by atoms with E-state index in [1.165, 1.54) is 48.7 Å². The quantitative estimate of drug-likeness (QED) is 0.300.